The molecular weight excluding hydrogens is 251 g/mol. The van der Waals surface area contributed by atoms with Gasteiger partial charge in [-0.2, -0.15) is 0 Å². The number of nitrogens with two attached hydrogens (primary N) is 1. The Labute approximate surface area is 122 Å². The van der Waals surface area contributed by atoms with Gasteiger partial charge in [0.15, 0.2) is 0 Å². The fraction of sp³-hybridized carbons (Fsp3) is 0.647. The average Bonchev–Trinajstić information content (AvgIpc) is 2.50. The molecule has 1 saturated heterocycles. The molecule has 0 aromatic heterocycles. The quantitative estimate of drug-likeness (QED) is 0.889. The van der Waals surface area contributed by atoms with Gasteiger partial charge in [-0.25, -0.2) is 4.39 Å². The normalized spacial score (nSPS) is 20.8. The highest BCUT2D eigenvalue weighted by atomic mass is 19.1. The molecule has 0 aliphatic carbocycles. The van der Waals surface area contributed by atoms with Crippen LogP contribution in [0.1, 0.15) is 51.1 Å². The molecule has 1 heterocycles. The fourth-order valence-electron chi connectivity index (χ4n) is 3.28. The second-order valence-electron chi connectivity index (χ2n) is 5.93. The Bertz CT molecular complexity index is 413. The monoisotopic (exact) mass is 278 g/mol. The van der Waals surface area contributed by atoms with Crippen molar-refractivity contribution in [3.8, 4) is 0 Å². The highest BCUT2D eigenvalue weighted by molar-refractivity contribution is 5.23. The fourth-order valence-corrected chi connectivity index (χ4v) is 3.28. The molecule has 0 bridgehead atoms. The van der Waals surface area contributed by atoms with E-state index in [4.69, 9.17) is 5.73 Å². The largest absolute Gasteiger partial charge is 0.326 e. The molecule has 1 aliphatic heterocycles. The molecular formula is C17H27FN2. The van der Waals surface area contributed by atoms with Gasteiger partial charge < -0.3 is 5.73 Å². The molecule has 0 amide bonds. The first-order chi connectivity index (χ1) is 9.67. The number of likely N-dealkylation sites (tertiary alicyclic amines) is 1. The maximum absolute atomic E-state index is 14.2. The summed E-state index contributed by atoms with van der Waals surface area (Å²) in [6.45, 7) is 6.40. The van der Waals surface area contributed by atoms with Crippen molar-refractivity contribution in [3.05, 3.63) is 35.6 Å². The SMILES string of the molecule is CCC1CCN(C(c2ccccc2F)C(N)CC)CC1. The van der Waals surface area contributed by atoms with Crippen molar-refractivity contribution in [1.82, 2.24) is 4.90 Å². The van der Waals surface area contributed by atoms with Crippen molar-refractivity contribution >= 4 is 0 Å². The van der Waals surface area contributed by atoms with Gasteiger partial charge in [0.2, 0.25) is 0 Å². The number of piperidine rings is 1. The molecule has 1 aliphatic rings. The van der Waals surface area contributed by atoms with E-state index >= 15 is 0 Å². The summed E-state index contributed by atoms with van der Waals surface area (Å²) in [5.74, 6) is 0.699. The highest BCUT2D eigenvalue weighted by Gasteiger charge is 2.30. The van der Waals surface area contributed by atoms with E-state index in [-0.39, 0.29) is 17.9 Å². The second-order valence-corrected chi connectivity index (χ2v) is 5.93. The van der Waals surface area contributed by atoms with Crippen LogP contribution in [0.5, 0.6) is 0 Å². The summed E-state index contributed by atoms with van der Waals surface area (Å²) in [5, 5.41) is 0. The van der Waals surface area contributed by atoms with Crippen LogP contribution in [0.2, 0.25) is 0 Å². The summed E-state index contributed by atoms with van der Waals surface area (Å²) in [6, 6.07) is 7.10. The molecule has 0 radical (unpaired) electrons. The molecule has 2 nitrogen and oxygen atoms in total. The molecule has 112 valence electrons. The summed E-state index contributed by atoms with van der Waals surface area (Å²) in [5.41, 5.74) is 7.07. The van der Waals surface area contributed by atoms with Crippen LogP contribution in [0, 0.1) is 11.7 Å². The van der Waals surface area contributed by atoms with E-state index in [0.29, 0.717) is 0 Å². The molecule has 0 spiro atoms. The Morgan fingerprint density at radius 2 is 1.90 bits per heavy atom. The second kappa shape index (κ2) is 7.19. The molecule has 20 heavy (non-hydrogen) atoms. The van der Waals surface area contributed by atoms with Gasteiger partial charge in [-0.1, -0.05) is 38.5 Å². The van der Waals surface area contributed by atoms with Crippen LogP contribution >= 0.6 is 0 Å². The van der Waals surface area contributed by atoms with Gasteiger partial charge in [-0.15, -0.1) is 0 Å². The molecule has 3 heteroatoms. The summed E-state index contributed by atoms with van der Waals surface area (Å²) in [4.78, 5) is 2.39. The third-order valence-electron chi connectivity index (χ3n) is 4.72. The third-order valence-corrected chi connectivity index (χ3v) is 4.72. The van der Waals surface area contributed by atoms with Crippen molar-refractivity contribution in [2.24, 2.45) is 11.7 Å². The van der Waals surface area contributed by atoms with Crippen molar-refractivity contribution in [2.75, 3.05) is 13.1 Å². The standard InChI is InChI=1S/C17H27FN2/c1-3-13-9-11-20(12-10-13)17(16(19)4-2)14-7-5-6-8-15(14)18/h5-8,13,16-17H,3-4,9-12,19H2,1-2H3. The number of hydrogen-bond donors (Lipinski definition) is 1. The molecule has 1 fully saturated rings. The molecule has 2 rings (SSSR count). The van der Waals surface area contributed by atoms with Gasteiger partial charge in [-0.05, 0) is 44.3 Å². The zero-order valence-corrected chi connectivity index (χ0v) is 12.7. The molecule has 2 atom stereocenters. The van der Waals surface area contributed by atoms with Gasteiger partial charge in [0, 0.05) is 11.6 Å². The molecule has 1 aromatic carbocycles. The summed E-state index contributed by atoms with van der Waals surface area (Å²) >= 11 is 0. The summed E-state index contributed by atoms with van der Waals surface area (Å²) in [7, 11) is 0. The number of rotatable bonds is 5. The van der Waals surface area contributed by atoms with Crippen LogP contribution in [0.3, 0.4) is 0 Å². The van der Waals surface area contributed by atoms with E-state index in [1.807, 2.05) is 12.1 Å². The minimum absolute atomic E-state index is 0.00919. The predicted octanol–water partition coefficient (Wildman–Crippen LogP) is 3.73. The predicted molar refractivity (Wildman–Crippen MR) is 82.0 cm³/mol. The molecule has 2 unspecified atom stereocenters. The van der Waals surface area contributed by atoms with E-state index in [9.17, 15) is 4.39 Å². The maximum atomic E-state index is 14.2. The molecule has 2 N–H and O–H groups in total. The lowest BCUT2D eigenvalue weighted by Crippen LogP contribution is -2.45. The van der Waals surface area contributed by atoms with Gasteiger partial charge in [-0.3, -0.25) is 4.90 Å². The Kier molecular flexibility index (Phi) is 5.55. The van der Waals surface area contributed by atoms with Crippen molar-refractivity contribution in [2.45, 2.75) is 51.6 Å². The van der Waals surface area contributed by atoms with Crippen LogP contribution in [-0.2, 0) is 0 Å². The first kappa shape index (κ1) is 15.5. The topological polar surface area (TPSA) is 29.3 Å². The van der Waals surface area contributed by atoms with Crippen LogP contribution in [0.4, 0.5) is 4.39 Å². The van der Waals surface area contributed by atoms with E-state index in [1.54, 1.807) is 12.1 Å². The average molecular weight is 278 g/mol. The van der Waals surface area contributed by atoms with E-state index < -0.39 is 0 Å². The Hall–Kier alpha value is -0.930. The Balaban J connectivity index is 2.19. The van der Waals surface area contributed by atoms with E-state index in [0.717, 1.165) is 31.0 Å². The van der Waals surface area contributed by atoms with Gasteiger partial charge >= 0.3 is 0 Å². The maximum Gasteiger partial charge on any atom is 0.128 e. The highest BCUT2D eigenvalue weighted by Crippen LogP contribution is 2.31. The Morgan fingerprint density at radius 1 is 1.25 bits per heavy atom. The smallest absolute Gasteiger partial charge is 0.128 e. The summed E-state index contributed by atoms with van der Waals surface area (Å²) < 4.78 is 14.2. The van der Waals surface area contributed by atoms with Crippen LogP contribution in [-0.4, -0.2) is 24.0 Å². The van der Waals surface area contributed by atoms with E-state index in [1.165, 1.54) is 19.3 Å². The van der Waals surface area contributed by atoms with Gasteiger partial charge in [0.1, 0.15) is 5.82 Å². The minimum Gasteiger partial charge on any atom is -0.326 e. The first-order valence-electron chi connectivity index (χ1n) is 7.91. The lowest BCUT2D eigenvalue weighted by atomic mass is 9.89. The molecule has 0 saturated carbocycles. The Morgan fingerprint density at radius 3 is 2.45 bits per heavy atom. The lowest BCUT2D eigenvalue weighted by Gasteiger charge is -2.40. The van der Waals surface area contributed by atoms with Crippen molar-refractivity contribution < 1.29 is 4.39 Å². The van der Waals surface area contributed by atoms with Crippen LogP contribution in [0.25, 0.3) is 0 Å². The van der Waals surface area contributed by atoms with E-state index in [2.05, 4.69) is 18.7 Å². The van der Waals surface area contributed by atoms with Crippen LogP contribution in [0.15, 0.2) is 24.3 Å². The van der Waals surface area contributed by atoms with Crippen molar-refractivity contribution in [1.29, 1.82) is 0 Å². The van der Waals surface area contributed by atoms with Crippen LogP contribution < -0.4 is 5.73 Å². The zero-order valence-electron chi connectivity index (χ0n) is 12.7. The van der Waals surface area contributed by atoms with Gasteiger partial charge in [0.05, 0.1) is 6.04 Å². The number of halogens is 1. The number of benzene rings is 1. The number of nitrogens with zero attached hydrogens (tertiary/aromatic N) is 1. The lowest BCUT2D eigenvalue weighted by molar-refractivity contribution is 0.110. The van der Waals surface area contributed by atoms with Crippen molar-refractivity contribution in [3.63, 3.8) is 0 Å². The summed E-state index contributed by atoms with van der Waals surface area (Å²) in [6.07, 6.45) is 4.53. The van der Waals surface area contributed by atoms with Gasteiger partial charge in [0.25, 0.3) is 0 Å². The minimum atomic E-state index is -0.126. The number of hydrogen-bond acceptors (Lipinski definition) is 2. The first-order valence-corrected chi connectivity index (χ1v) is 7.91. The zero-order chi connectivity index (χ0) is 14.5. The third kappa shape index (κ3) is 3.39. The molecule has 1 aromatic rings.